The molecular formula is C17H21N3O. The summed E-state index contributed by atoms with van der Waals surface area (Å²) in [6.45, 7) is 4.48. The number of amides is 1. The van der Waals surface area contributed by atoms with E-state index in [9.17, 15) is 4.79 Å². The topological polar surface area (TPSA) is 68.0 Å². The lowest BCUT2D eigenvalue weighted by Crippen LogP contribution is -2.34. The van der Waals surface area contributed by atoms with E-state index in [-0.39, 0.29) is 11.9 Å². The van der Waals surface area contributed by atoms with Crippen molar-refractivity contribution >= 4 is 22.5 Å². The number of fused-ring (bicyclic) bond motifs is 1. The van der Waals surface area contributed by atoms with Crippen LogP contribution < -0.4 is 11.1 Å². The van der Waals surface area contributed by atoms with Gasteiger partial charge in [0, 0.05) is 17.1 Å². The number of aromatic nitrogens is 1. The standard InChI is InChI=1S/C17H21N3O/c1-17(2)8-7-11(10-17)19-16(21)15-9-13(18)12-5-3-4-6-14(12)20-15/h3-6,9,11H,7-8,10H2,1-2H3,(H2,18,20)(H,19,21). The molecule has 110 valence electrons. The van der Waals surface area contributed by atoms with Crippen LogP contribution in [0.4, 0.5) is 5.69 Å². The maximum absolute atomic E-state index is 12.4. The summed E-state index contributed by atoms with van der Waals surface area (Å²) in [7, 11) is 0. The van der Waals surface area contributed by atoms with Crippen LogP contribution in [-0.2, 0) is 0 Å². The van der Waals surface area contributed by atoms with E-state index in [1.54, 1.807) is 6.07 Å². The molecule has 1 atom stereocenters. The molecule has 21 heavy (non-hydrogen) atoms. The molecule has 0 bridgehead atoms. The molecule has 1 unspecified atom stereocenters. The van der Waals surface area contributed by atoms with E-state index in [4.69, 9.17) is 5.73 Å². The summed E-state index contributed by atoms with van der Waals surface area (Å²) in [5.41, 5.74) is 8.09. The Morgan fingerprint density at radius 3 is 2.86 bits per heavy atom. The highest BCUT2D eigenvalue weighted by Gasteiger charge is 2.32. The van der Waals surface area contributed by atoms with Crippen LogP contribution in [-0.4, -0.2) is 16.9 Å². The van der Waals surface area contributed by atoms with E-state index in [1.807, 2.05) is 24.3 Å². The molecule has 1 fully saturated rings. The lowest BCUT2D eigenvalue weighted by Gasteiger charge is -2.17. The molecule has 2 aromatic rings. The fourth-order valence-corrected chi connectivity index (χ4v) is 3.14. The van der Waals surface area contributed by atoms with Gasteiger partial charge >= 0.3 is 0 Å². The van der Waals surface area contributed by atoms with E-state index in [0.29, 0.717) is 16.8 Å². The number of benzene rings is 1. The van der Waals surface area contributed by atoms with Gasteiger partial charge in [0.2, 0.25) is 0 Å². The van der Waals surface area contributed by atoms with E-state index in [1.165, 1.54) is 0 Å². The molecular weight excluding hydrogens is 262 g/mol. The van der Waals surface area contributed by atoms with Gasteiger partial charge in [-0.05, 0) is 36.8 Å². The van der Waals surface area contributed by atoms with Crippen LogP contribution in [0.5, 0.6) is 0 Å². The van der Waals surface area contributed by atoms with Gasteiger partial charge < -0.3 is 11.1 Å². The largest absolute Gasteiger partial charge is 0.398 e. The van der Waals surface area contributed by atoms with Crippen LogP contribution in [0.1, 0.15) is 43.6 Å². The molecule has 4 nitrogen and oxygen atoms in total. The second kappa shape index (κ2) is 5.02. The van der Waals surface area contributed by atoms with Gasteiger partial charge in [0.25, 0.3) is 5.91 Å². The molecule has 0 aliphatic heterocycles. The average molecular weight is 283 g/mol. The summed E-state index contributed by atoms with van der Waals surface area (Å²) in [5.74, 6) is -0.129. The van der Waals surface area contributed by atoms with Gasteiger partial charge in [0.15, 0.2) is 0 Å². The number of nitrogens with zero attached hydrogens (tertiary/aromatic N) is 1. The molecule has 4 heteroatoms. The Labute approximate surface area is 124 Å². The van der Waals surface area contributed by atoms with Gasteiger partial charge in [0.1, 0.15) is 5.69 Å². The van der Waals surface area contributed by atoms with Crippen molar-refractivity contribution in [1.82, 2.24) is 10.3 Å². The molecule has 1 aliphatic rings. The van der Waals surface area contributed by atoms with Gasteiger partial charge in [-0.2, -0.15) is 0 Å². The Morgan fingerprint density at radius 2 is 2.14 bits per heavy atom. The average Bonchev–Trinajstić information content (AvgIpc) is 2.78. The second-order valence-corrected chi connectivity index (χ2v) is 6.69. The Morgan fingerprint density at radius 1 is 1.38 bits per heavy atom. The molecule has 1 heterocycles. The minimum atomic E-state index is -0.129. The number of anilines is 1. The second-order valence-electron chi connectivity index (χ2n) is 6.69. The van der Waals surface area contributed by atoms with Gasteiger partial charge in [-0.3, -0.25) is 4.79 Å². The van der Waals surface area contributed by atoms with E-state index in [2.05, 4.69) is 24.1 Å². The highest BCUT2D eigenvalue weighted by molar-refractivity contribution is 5.99. The molecule has 0 radical (unpaired) electrons. The van der Waals surface area contributed by atoms with Gasteiger partial charge in [-0.25, -0.2) is 4.98 Å². The van der Waals surface area contributed by atoms with E-state index < -0.39 is 0 Å². The molecule has 1 amide bonds. The first-order valence-electron chi connectivity index (χ1n) is 7.41. The number of nitrogen functional groups attached to an aromatic ring is 1. The van der Waals surface area contributed by atoms with Crippen LogP contribution in [0.15, 0.2) is 30.3 Å². The quantitative estimate of drug-likeness (QED) is 0.889. The first-order chi connectivity index (χ1) is 9.94. The van der Waals surface area contributed by atoms with Crippen molar-refractivity contribution in [3.05, 3.63) is 36.0 Å². The van der Waals surface area contributed by atoms with Gasteiger partial charge in [-0.1, -0.05) is 32.0 Å². The number of carbonyl (C=O) groups is 1. The number of nitrogens with one attached hydrogen (secondary N) is 1. The van der Waals surface area contributed by atoms with E-state index >= 15 is 0 Å². The Bertz CT molecular complexity index is 693. The summed E-state index contributed by atoms with van der Waals surface area (Å²) < 4.78 is 0. The summed E-state index contributed by atoms with van der Waals surface area (Å²) in [4.78, 5) is 16.8. The van der Waals surface area contributed by atoms with Crippen LogP contribution in [0, 0.1) is 5.41 Å². The van der Waals surface area contributed by atoms with Crippen molar-refractivity contribution in [3.8, 4) is 0 Å². The summed E-state index contributed by atoms with van der Waals surface area (Å²) in [5, 5.41) is 3.97. The number of nitrogens with two attached hydrogens (primary N) is 1. The number of para-hydroxylation sites is 1. The van der Waals surface area contributed by atoms with Crippen molar-refractivity contribution < 1.29 is 4.79 Å². The van der Waals surface area contributed by atoms with Crippen molar-refractivity contribution in [2.24, 2.45) is 5.41 Å². The summed E-state index contributed by atoms with van der Waals surface area (Å²) >= 11 is 0. The van der Waals surface area contributed by atoms with Crippen LogP contribution in [0.2, 0.25) is 0 Å². The minimum absolute atomic E-state index is 0.129. The molecule has 1 aliphatic carbocycles. The van der Waals surface area contributed by atoms with Crippen LogP contribution in [0.3, 0.4) is 0 Å². The highest BCUT2D eigenvalue weighted by Crippen LogP contribution is 2.37. The van der Waals surface area contributed by atoms with Crippen LogP contribution >= 0.6 is 0 Å². The third-order valence-electron chi connectivity index (χ3n) is 4.28. The first-order valence-corrected chi connectivity index (χ1v) is 7.41. The Hall–Kier alpha value is -2.10. The number of hydrogen-bond donors (Lipinski definition) is 2. The fourth-order valence-electron chi connectivity index (χ4n) is 3.14. The van der Waals surface area contributed by atoms with Gasteiger partial charge in [0.05, 0.1) is 5.52 Å². The number of rotatable bonds is 2. The third-order valence-corrected chi connectivity index (χ3v) is 4.28. The van der Waals surface area contributed by atoms with Crippen molar-refractivity contribution in [3.63, 3.8) is 0 Å². The maximum Gasteiger partial charge on any atom is 0.270 e. The molecule has 3 rings (SSSR count). The monoisotopic (exact) mass is 283 g/mol. The zero-order valence-electron chi connectivity index (χ0n) is 12.5. The zero-order valence-corrected chi connectivity index (χ0v) is 12.5. The SMILES string of the molecule is CC1(C)CCC(NC(=O)c2cc(N)c3ccccc3n2)C1. The van der Waals surface area contributed by atoms with Crippen molar-refractivity contribution in [2.75, 3.05) is 5.73 Å². The number of pyridine rings is 1. The third kappa shape index (κ3) is 2.84. The van der Waals surface area contributed by atoms with E-state index in [0.717, 1.165) is 30.2 Å². The maximum atomic E-state index is 12.4. The number of carbonyl (C=O) groups excluding carboxylic acids is 1. The fraction of sp³-hybridized carbons (Fsp3) is 0.412. The summed E-state index contributed by atoms with van der Waals surface area (Å²) in [6.07, 6.45) is 3.19. The normalized spacial score (nSPS) is 20.6. The Kier molecular flexibility index (Phi) is 3.32. The van der Waals surface area contributed by atoms with Gasteiger partial charge in [-0.15, -0.1) is 0 Å². The predicted molar refractivity (Wildman–Crippen MR) is 85.0 cm³/mol. The Balaban J connectivity index is 1.82. The lowest BCUT2D eigenvalue weighted by atomic mass is 9.92. The molecule has 1 saturated carbocycles. The minimum Gasteiger partial charge on any atom is -0.398 e. The van der Waals surface area contributed by atoms with Crippen molar-refractivity contribution in [1.29, 1.82) is 0 Å². The molecule has 3 N–H and O–H groups in total. The first kappa shape index (κ1) is 13.9. The predicted octanol–water partition coefficient (Wildman–Crippen LogP) is 3.13. The molecule has 0 saturated heterocycles. The highest BCUT2D eigenvalue weighted by atomic mass is 16.1. The molecule has 0 spiro atoms. The van der Waals surface area contributed by atoms with Crippen LogP contribution in [0.25, 0.3) is 10.9 Å². The van der Waals surface area contributed by atoms with Crippen molar-refractivity contribution in [2.45, 2.75) is 39.2 Å². The molecule has 1 aromatic carbocycles. The molecule has 1 aromatic heterocycles. The smallest absolute Gasteiger partial charge is 0.270 e. The number of hydrogen-bond acceptors (Lipinski definition) is 3. The zero-order chi connectivity index (χ0) is 15.0. The summed E-state index contributed by atoms with van der Waals surface area (Å²) in [6, 6.07) is 9.51. The lowest BCUT2D eigenvalue weighted by molar-refractivity contribution is 0.0931.